The second kappa shape index (κ2) is 9.87. The molecule has 3 heteroatoms. The summed E-state index contributed by atoms with van der Waals surface area (Å²) in [4.78, 5) is 5.06. The monoisotopic (exact) mass is 602 g/mol. The summed E-state index contributed by atoms with van der Waals surface area (Å²) in [6.45, 7) is 0. The highest BCUT2D eigenvalue weighted by Crippen LogP contribution is 2.42. The molecule has 0 radical (unpaired) electrons. The van der Waals surface area contributed by atoms with E-state index >= 15 is 0 Å². The van der Waals surface area contributed by atoms with Gasteiger partial charge in [0.2, 0.25) is 0 Å². The molecule has 0 amide bonds. The lowest BCUT2D eigenvalue weighted by Crippen LogP contribution is -1.97. The maximum absolute atomic E-state index is 5.06. The van der Waals surface area contributed by atoms with Crippen molar-refractivity contribution in [2.24, 2.45) is 0 Å². The number of aromatic nitrogens is 2. The Bertz CT molecular complexity index is 2790. The standard InChI is InChI=1S/C43H26N2S/c1-2-10-30(11-3-1)45-40-16-8-7-15-39(40)44-43(45)28-20-18-27(19-21-28)29-22-23-33-35(24-29)31-12-4-5-13-32(31)36-25-38-34-14-6-9-17-41(34)46-42(38)26-37(33)36/h1-26H. The zero-order valence-electron chi connectivity index (χ0n) is 24.8. The third-order valence-electron chi connectivity index (χ3n) is 9.39. The number of nitrogens with zero attached hydrogens (tertiary/aromatic N) is 2. The SMILES string of the molecule is c1ccc(-n2c(-c3ccc(-c4ccc5c(c4)c4ccccc4c4cc6c(cc54)sc4ccccc46)cc3)nc3ccccc32)cc1. The van der Waals surface area contributed by atoms with Gasteiger partial charge in [-0.1, -0.05) is 109 Å². The number of hydrogen-bond donors (Lipinski definition) is 0. The van der Waals surface area contributed by atoms with E-state index in [9.17, 15) is 0 Å². The number of benzene rings is 8. The Morgan fingerprint density at radius 2 is 1.00 bits per heavy atom. The summed E-state index contributed by atoms with van der Waals surface area (Å²) in [6, 6.07) is 57.1. The van der Waals surface area contributed by atoms with Crippen LogP contribution in [0.3, 0.4) is 0 Å². The van der Waals surface area contributed by atoms with Gasteiger partial charge in [0.05, 0.1) is 11.0 Å². The normalized spacial score (nSPS) is 11.9. The van der Waals surface area contributed by atoms with E-state index in [2.05, 4.69) is 162 Å². The van der Waals surface area contributed by atoms with Crippen molar-refractivity contribution in [2.45, 2.75) is 0 Å². The van der Waals surface area contributed by atoms with E-state index in [4.69, 9.17) is 4.98 Å². The van der Waals surface area contributed by atoms with Gasteiger partial charge in [0.25, 0.3) is 0 Å². The zero-order chi connectivity index (χ0) is 30.2. The quantitative estimate of drug-likeness (QED) is 0.184. The van der Waals surface area contributed by atoms with Gasteiger partial charge in [0.15, 0.2) is 0 Å². The van der Waals surface area contributed by atoms with Gasteiger partial charge in [0, 0.05) is 31.4 Å². The van der Waals surface area contributed by atoms with Crippen LogP contribution in [0.1, 0.15) is 0 Å². The molecule has 0 fully saturated rings. The van der Waals surface area contributed by atoms with Crippen LogP contribution in [-0.2, 0) is 0 Å². The van der Waals surface area contributed by atoms with Gasteiger partial charge in [-0.15, -0.1) is 11.3 Å². The lowest BCUT2D eigenvalue weighted by Gasteiger charge is -2.13. The molecule has 0 unspecified atom stereocenters. The van der Waals surface area contributed by atoms with Gasteiger partial charge in [-0.3, -0.25) is 4.57 Å². The summed E-state index contributed by atoms with van der Waals surface area (Å²) in [5.41, 5.74) is 6.70. The fourth-order valence-corrected chi connectivity index (χ4v) is 8.35. The fourth-order valence-electron chi connectivity index (χ4n) is 7.22. The highest BCUT2D eigenvalue weighted by Gasteiger charge is 2.16. The van der Waals surface area contributed by atoms with Crippen LogP contribution in [0.15, 0.2) is 158 Å². The highest BCUT2D eigenvalue weighted by atomic mass is 32.1. The number of hydrogen-bond acceptors (Lipinski definition) is 2. The Morgan fingerprint density at radius 1 is 0.391 bits per heavy atom. The largest absolute Gasteiger partial charge is 0.292 e. The van der Waals surface area contributed by atoms with Gasteiger partial charge >= 0.3 is 0 Å². The highest BCUT2D eigenvalue weighted by molar-refractivity contribution is 7.25. The third-order valence-corrected chi connectivity index (χ3v) is 10.5. The number of fused-ring (bicyclic) bond motifs is 10. The first kappa shape index (κ1) is 25.5. The summed E-state index contributed by atoms with van der Waals surface area (Å²) in [6.07, 6.45) is 0. The second-order valence-electron chi connectivity index (χ2n) is 12.0. The molecule has 0 saturated carbocycles. The van der Waals surface area contributed by atoms with Gasteiger partial charge in [-0.05, 0) is 92.0 Å². The Hall–Kier alpha value is -5.77. The molecule has 10 aromatic rings. The van der Waals surface area contributed by atoms with E-state index in [-0.39, 0.29) is 0 Å². The molecule has 10 rings (SSSR count). The minimum Gasteiger partial charge on any atom is -0.292 e. The second-order valence-corrected chi connectivity index (χ2v) is 13.1. The van der Waals surface area contributed by atoms with Crippen LogP contribution < -0.4 is 0 Å². The van der Waals surface area contributed by atoms with Crippen molar-refractivity contribution in [3.8, 4) is 28.2 Å². The summed E-state index contributed by atoms with van der Waals surface area (Å²) >= 11 is 1.88. The average molecular weight is 603 g/mol. The minimum absolute atomic E-state index is 0.947. The molecule has 0 N–H and O–H groups in total. The van der Waals surface area contributed by atoms with Crippen molar-refractivity contribution in [3.63, 3.8) is 0 Å². The molecule has 0 saturated heterocycles. The molecule has 0 aliphatic rings. The van der Waals surface area contributed by atoms with E-state index in [0.29, 0.717) is 0 Å². The van der Waals surface area contributed by atoms with Crippen molar-refractivity contribution in [1.82, 2.24) is 9.55 Å². The number of rotatable bonds is 3. The smallest absolute Gasteiger partial charge is 0.145 e. The molecule has 46 heavy (non-hydrogen) atoms. The van der Waals surface area contributed by atoms with Crippen LogP contribution in [0.2, 0.25) is 0 Å². The molecule has 2 heterocycles. The first-order valence-corrected chi connectivity index (χ1v) is 16.4. The van der Waals surface area contributed by atoms with E-state index in [0.717, 1.165) is 28.1 Å². The molecule has 0 spiro atoms. The maximum atomic E-state index is 5.06. The van der Waals surface area contributed by atoms with Crippen molar-refractivity contribution in [2.75, 3.05) is 0 Å². The summed E-state index contributed by atoms with van der Waals surface area (Å²) in [7, 11) is 0. The first-order valence-electron chi connectivity index (χ1n) is 15.6. The molecule has 0 aliphatic carbocycles. The summed E-state index contributed by atoms with van der Waals surface area (Å²) in [5, 5.41) is 10.5. The topological polar surface area (TPSA) is 17.8 Å². The van der Waals surface area contributed by atoms with E-state index in [1.807, 2.05) is 11.3 Å². The van der Waals surface area contributed by atoms with E-state index in [1.54, 1.807) is 0 Å². The molecule has 0 aliphatic heterocycles. The van der Waals surface area contributed by atoms with Crippen LogP contribution in [0.25, 0.3) is 91.7 Å². The molecule has 0 atom stereocenters. The predicted molar refractivity (Wildman–Crippen MR) is 197 cm³/mol. The van der Waals surface area contributed by atoms with Gasteiger partial charge in [-0.25, -0.2) is 4.98 Å². The molecule has 214 valence electrons. The lowest BCUT2D eigenvalue weighted by atomic mass is 9.91. The van der Waals surface area contributed by atoms with Crippen LogP contribution in [0.4, 0.5) is 0 Å². The van der Waals surface area contributed by atoms with Gasteiger partial charge in [-0.2, -0.15) is 0 Å². The molecule has 0 bridgehead atoms. The van der Waals surface area contributed by atoms with Crippen molar-refractivity contribution >= 4 is 74.9 Å². The Morgan fingerprint density at radius 3 is 1.83 bits per heavy atom. The summed E-state index contributed by atoms with van der Waals surface area (Å²) in [5.74, 6) is 0.947. The lowest BCUT2D eigenvalue weighted by molar-refractivity contribution is 1.10. The van der Waals surface area contributed by atoms with E-state index < -0.39 is 0 Å². The van der Waals surface area contributed by atoms with Crippen LogP contribution in [0.5, 0.6) is 0 Å². The van der Waals surface area contributed by atoms with Gasteiger partial charge in [0.1, 0.15) is 5.82 Å². The fraction of sp³-hybridized carbons (Fsp3) is 0. The number of para-hydroxylation sites is 3. The van der Waals surface area contributed by atoms with E-state index in [1.165, 1.54) is 63.6 Å². The van der Waals surface area contributed by atoms with Crippen molar-refractivity contribution in [3.05, 3.63) is 158 Å². The first-order chi connectivity index (χ1) is 22.8. The molecular weight excluding hydrogens is 577 g/mol. The number of thiophene rings is 1. The summed E-state index contributed by atoms with van der Waals surface area (Å²) < 4.78 is 4.93. The molecule has 2 aromatic heterocycles. The predicted octanol–water partition coefficient (Wildman–Crippen LogP) is 12.2. The van der Waals surface area contributed by atoms with Gasteiger partial charge < -0.3 is 0 Å². The van der Waals surface area contributed by atoms with Crippen molar-refractivity contribution < 1.29 is 0 Å². The Kier molecular flexibility index (Phi) is 5.48. The Labute approximate surface area is 269 Å². The maximum Gasteiger partial charge on any atom is 0.145 e. The average Bonchev–Trinajstić information content (AvgIpc) is 3.70. The third kappa shape index (κ3) is 3.79. The molecule has 2 nitrogen and oxygen atoms in total. The zero-order valence-corrected chi connectivity index (χ0v) is 25.6. The van der Waals surface area contributed by atoms with Crippen molar-refractivity contribution in [1.29, 1.82) is 0 Å². The van der Waals surface area contributed by atoms with Crippen LogP contribution >= 0.6 is 11.3 Å². The van der Waals surface area contributed by atoms with Crippen LogP contribution in [-0.4, -0.2) is 9.55 Å². The van der Waals surface area contributed by atoms with Crippen LogP contribution in [0, 0.1) is 0 Å². The molecular formula is C43H26N2S. The minimum atomic E-state index is 0.947. The Balaban J connectivity index is 1.14. The number of imidazole rings is 1. The molecule has 8 aromatic carbocycles.